The molecule has 0 radical (unpaired) electrons. The zero-order valence-corrected chi connectivity index (χ0v) is 33.6. The van der Waals surface area contributed by atoms with Crippen LogP contribution in [0.4, 0.5) is 0 Å². The molecule has 23 heteroatoms. The van der Waals surface area contributed by atoms with Gasteiger partial charge in [-0.25, -0.2) is 0 Å². The molecule has 324 valence electrons. The molecule has 0 aliphatic carbocycles. The predicted octanol–water partition coefficient (Wildman–Crippen LogP) is -4.67. The van der Waals surface area contributed by atoms with Crippen molar-refractivity contribution in [3.05, 3.63) is 0 Å². The van der Waals surface area contributed by atoms with Crippen LogP contribution < -0.4 is 60.2 Å². The first-order valence-corrected chi connectivity index (χ1v) is 18.6. The third kappa shape index (κ3) is 23.1. The molecule has 0 aromatic rings. The molecule has 0 unspecified atom stereocenters. The molecule has 0 spiro atoms. The van der Waals surface area contributed by atoms with E-state index in [0.29, 0.717) is 0 Å². The summed E-state index contributed by atoms with van der Waals surface area (Å²) in [5.74, 6) is -7.17. The Morgan fingerprint density at radius 1 is 0.544 bits per heavy atom. The van der Waals surface area contributed by atoms with Crippen LogP contribution in [0.1, 0.15) is 80.1 Å². The van der Waals surface area contributed by atoms with E-state index < -0.39 is 96.7 Å². The number of carbonyl (C=O) groups is 8. The Morgan fingerprint density at radius 3 is 1.33 bits per heavy atom. The highest BCUT2D eigenvalue weighted by Gasteiger charge is 2.32. The molecule has 57 heavy (non-hydrogen) atoms. The fourth-order valence-corrected chi connectivity index (χ4v) is 5.17. The van der Waals surface area contributed by atoms with Crippen LogP contribution in [-0.4, -0.2) is 132 Å². The average Bonchev–Trinajstić information content (AvgIpc) is 3.10. The fourth-order valence-electron chi connectivity index (χ4n) is 5.17. The lowest BCUT2D eigenvalue weighted by molar-refractivity contribution is -0.138. The Kier molecular flexibility index (Phi) is 24.2. The highest BCUT2D eigenvalue weighted by atomic mass is 16.4. The van der Waals surface area contributed by atoms with E-state index in [1.54, 1.807) is 13.8 Å². The van der Waals surface area contributed by atoms with E-state index in [0.717, 1.165) is 0 Å². The Labute approximate surface area is 332 Å². The lowest BCUT2D eigenvalue weighted by Crippen LogP contribution is -2.59. The largest absolute Gasteiger partial charge is 0.480 e. The van der Waals surface area contributed by atoms with E-state index in [1.807, 2.05) is 13.8 Å². The number of rotatable bonds is 27. The summed E-state index contributed by atoms with van der Waals surface area (Å²) in [7, 11) is 0. The van der Waals surface area contributed by atoms with E-state index in [4.69, 9.17) is 28.0 Å². The van der Waals surface area contributed by atoms with Crippen molar-refractivity contribution in [1.29, 1.82) is 0 Å². The molecule has 6 atom stereocenters. The summed E-state index contributed by atoms with van der Waals surface area (Å²) in [5.41, 5.74) is 21.6. The number of nitrogens with one attached hydrogen (secondary N) is 7. The van der Waals surface area contributed by atoms with Gasteiger partial charge in [-0.1, -0.05) is 27.7 Å². The molecule has 0 rings (SSSR count). The molecular formula is C34H63N13O10. The van der Waals surface area contributed by atoms with E-state index >= 15 is 0 Å². The molecule has 23 nitrogen and oxygen atoms in total. The van der Waals surface area contributed by atoms with Crippen LogP contribution in [0, 0.1) is 11.8 Å². The lowest BCUT2D eigenvalue weighted by Gasteiger charge is -2.27. The van der Waals surface area contributed by atoms with E-state index in [9.17, 15) is 43.5 Å². The van der Waals surface area contributed by atoms with Gasteiger partial charge in [0.05, 0.1) is 6.61 Å². The molecule has 0 saturated heterocycles. The Hall–Kier alpha value is -5.74. The molecule has 0 aromatic carbocycles. The van der Waals surface area contributed by atoms with Gasteiger partial charge in [0, 0.05) is 20.0 Å². The third-order valence-corrected chi connectivity index (χ3v) is 7.88. The maximum absolute atomic E-state index is 13.7. The zero-order chi connectivity index (χ0) is 43.8. The summed E-state index contributed by atoms with van der Waals surface area (Å²) in [6.07, 6.45) is 0.774. The maximum Gasteiger partial charge on any atom is 0.322 e. The predicted molar refractivity (Wildman–Crippen MR) is 209 cm³/mol. The van der Waals surface area contributed by atoms with Gasteiger partial charge in [-0.15, -0.1) is 0 Å². The summed E-state index contributed by atoms with van der Waals surface area (Å²) >= 11 is 0. The minimum Gasteiger partial charge on any atom is -0.480 e. The minimum absolute atomic E-state index is 0.00000179. The van der Waals surface area contributed by atoms with Crippen molar-refractivity contribution in [3.8, 4) is 0 Å². The summed E-state index contributed by atoms with van der Waals surface area (Å²) < 4.78 is 0. The van der Waals surface area contributed by atoms with Crippen molar-refractivity contribution in [2.45, 2.75) is 116 Å². The second-order valence-corrected chi connectivity index (χ2v) is 14.2. The van der Waals surface area contributed by atoms with Crippen LogP contribution in [0.5, 0.6) is 0 Å². The number of aliphatic hydroxyl groups excluding tert-OH is 1. The van der Waals surface area contributed by atoms with Crippen molar-refractivity contribution in [1.82, 2.24) is 37.2 Å². The number of aliphatic hydroxyl groups is 1. The summed E-state index contributed by atoms with van der Waals surface area (Å²) in [5, 5.41) is 36.0. The Morgan fingerprint density at radius 2 is 0.930 bits per heavy atom. The molecule has 0 saturated carbocycles. The smallest absolute Gasteiger partial charge is 0.322 e. The summed E-state index contributed by atoms with van der Waals surface area (Å²) in [6, 6.07) is -7.60. The first kappa shape index (κ1) is 51.3. The first-order valence-electron chi connectivity index (χ1n) is 18.6. The highest BCUT2D eigenvalue weighted by Crippen LogP contribution is 2.09. The second kappa shape index (κ2) is 27.0. The van der Waals surface area contributed by atoms with Crippen molar-refractivity contribution in [2.24, 2.45) is 44.8 Å². The maximum atomic E-state index is 13.7. The number of aliphatic imine (C=N–C) groups is 2. The van der Waals surface area contributed by atoms with Crippen LogP contribution in [0.15, 0.2) is 9.98 Å². The highest BCUT2D eigenvalue weighted by molar-refractivity contribution is 5.97. The molecule has 0 heterocycles. The van der Waals surface area contributed by atoms with Crippen LogP contribution in [0.25, 0.3) is 0 Å². The SMILES string of the molecule is CC(=O)N[C@@H](CC(C)C)C(=O)N[C@@H](CCCN=C(N)N)C(=O)N[C@@H](CCCN=C(N)N)C(=O)N[C@@H](C)C(=O)N[C@@H](CO)C(=O)N[C@@H](CC(C)C)C(=O)NCC(=O)O. The average molecular weight is 814 g/mol. The second-order valence-electron chi connectivity index (χ2n) is 14.2. The number of amides is 7. The number of aliphatic carboxylic acids is 1. The number of nitrogens with zero attached hydrogens (tertiary/aromatic N) is 2. The van der Waals surface area contributed by atoms with Gasteiger partial charge < -0.3 is 70.4 Å². The molecular weight excluding hydrogens is 750 g/mol. The van der Waals surface area contributed by atoms with Gasteiger partial charge in [-0.05, 0) is 57.3 Å². The van der Waals surface area contributed by atoms with E-state index in [2.05, 4.69) is 47.2 Å². The molecule has 0 bridgehead atoms. The number of carboxylic acids is 1. The fraction of sp³-hybridized carbons (Fsp3) is 0.706. The summed E-state index contributed by atoms with van der Waals surface area (Å²) in [6.45, 7) is 8.35. The van der Waals surface area contributed by atoms with Gasteiger partial charge in [0.1, 0.15) is 42.8 Å². The zero-order valence-electron chi connectivity index (χ0n) is 33.6. The number of hydrogen-bond acceptors (Lipinski definition) is 11. The van der Waals surface area contributed by atoms with Crippen LogP contribution in [-0.2, 0) is 38.4 Å². The van der Waals surface area contributed by atoms with Crippen LogP contribution in [0.2, 0.25) is 0 Å². The standard InChI is InChI=1S/C34H63N13O10/c1-17(2)13-23(28(53)41-15-26(50)51)46-32(57)25(16-48)47-27(52)19(5)42-29(54)21(9-7-11-39-33(35)36)44-30(55)22(10-8-12-40-34(37)38)45-31(56)24(14-18(3)4)43-20(6)49/h17-19,21-25,48H,7-16H2,1-6H3,(H,41,53)(H,42,54)(H,43,49)(H,44,55)(H,45,56)(H,46,57)(H,47,52)(H,50,51)(H4,35,36,39)(H4,37,38,40)/t19-,21-,22-,23-,24-,25-/m0/s1. The number of hydrogen-bond donors (Lipinski definition) is 13. The molecule has 7 amide bonds. The number of carboxylic acid groups (broad SMARTS) is 1. The molecule has 17 N–H and O–H groups in total. The molecule has 0 aliphatic rings. The number of guanidine groups is 2. The molecule has 0 aromatic heterocycles. The van der Waals surface area contributed by atoms with Crippen molar-refractivity contribution >= 4 is 59.2 Å². The number of nitrogens with two attached hydrogens (primary N) is 4. The van der Waals surface area contributed by atoms with Crippen molar-refractivity contribution in [3.63, 3.8) is 0 Å². The van der Waals surface area contributed by atoms with Crippen LogP contribution >= 0.6 is 0 Å². The van der Waals surface area contributed by atoms with Gasteiger partial charge in [0.15, 0.2) is 11.9 Å². The van der Waals surface area contributed by atoms with E-state index in [1.165, 1.54) is 13.8 Å². The molecule has 0 fully saturated rings. The van der Waals surface area contributed by atoms with Gasteiger partial charge in [-0.3, -0.25) is 48.3 Å². The summed E-state index contributed by atoms with van der Waals surface area (Å²) in [4.78, 5) is 110. The first-order chi connectivity index (χ1) is 26.6. The Balaban J connectivity index is 6.14. The van der Waals surface area contributed by atoms with Gasteiger partial charge in [0.2, 0.25) is 41.4 Å². The van der Waals surface area contributed by atoms with Gasteiger partial charge in [0.25, 0.3) is 0 Å². The number of carbonyl (C=O) groups excluding carboxylic acids is 7. The van der Waals surface area contributed by atoms with Crippen molar-refractivity contribution in [2.75, 3.05) is 26.2 Å². The minimum atomic E-state index is -1.57. The quantitative estimate of drug-likeness (QED) is 0.0211. The van der Waals surface area contributed by atoms with Crippen LogP contribution in [0.3, 0.4) is 0 Å². The topological polar surface area (TPSA) is 390 Å². The molecule has 0 aliphatic heterocycles. The van der Waals surface area contributed by atoms with E-state index in [-0.39, 0.29) is 75.4 Å². The monoisotopic (exact) mass is 813 g/mol. The van der Waals surface area contributed by atoms with Crippen molar-refractivity contribution < 1.29 is 48.6 Å². The Bertz CT molecular complexity index is 1430. The third-order valence-electron chi connectivity index (χ3n) is 7.88. The lowest BCUT2D eigenvalue weighted by atomic mass is 10.0. The van der Waals surface area contributed by atoms with Gasteiger partial charge >= 0.3 is 5.97 Å². The van der Waals surface area contributed by atoms with Gasteiger partial charge in [-0.2, -0.15) is 0 Å². The normalized spacial score (nSPS) is 14.0.